The van der Waals surface area contributed by atoms with E-state index >= 15 is 0 Å². The molecule has 0 bridgehead atoms. The Hall–Kier alpha value is -3.09. The molecule has 1 aliphatic heterocycles. The fourth-order valence-corrected chi connectivity index (χ4v) is 2.94. The first-order valence-electron chi connectivity index (χ1n) is 8.24. The zero-order valence-corrected chi connectivity index (χ0v) is 13.6. The van der Waals surface area contributed by atoms with E-state index in [2.05, 4.69) is 19.9 Å². The van der Waals surface area contributed by atoms with Gasteiger partial charge in [-0.05, 0) is 31.0 Å². The highest BCUT2D eigenvalue weighted by Gasteiger charge is 2.27. The number of carbonyl (C=O) groups is 1. The van der Waals surface area contributed by atoms with Crippen molar-refractivity contribution in [1.29, 1.82) is 0 Å². The standard InChI is InChI=1S/C18H17N5O2/c24-17(16-11-21-14-6-1-2-7-15(14)22-16)23-10-3-5-13(12-23)25-18-19-8-4-9-20-18/h1-2,4,6-9,11,13H,3,5,10,12H2. The Morgan fingerprint density at radius 1 is 1.08 bits per heavy atom. The highest BCUT2D eigenvalue weighted by Crippen LogP contribution is 2.17. The lowest BCUT2D eigenvalue weighted by Gasteiger charge is -2.32. The van der Waals surface area contributed by atoms with Crippen LogP contribution in [0.5, 0.6) is 6.01 Å². The van der Waals surface area contributed by atoms with Crippen LogP contribution in [-0.4, -0.2) is 49.9 Å². The van der Waals surface area contributed by atoms with Crippen LogP contribution in [0.25, 0.3) is 11.0 Å². The second kappa shape index (κ2) is 6.80. The van der Waals surface area contributed by atoms with Crippen molar-refractivity contribution >= 4 is 16.9 Å². The van der Waals surface area contributed by atoms with Crippen LogP contribution in [-0.2, 0) is 0 Å². The van der Waals surface area contributed by atoms with Crippen molar-refractivity contribution in [2.45, 2.75) is 18.9 Å². The molecule has 0 spiro atoms. The van der Waals surface area contributed by atoms with Crippen molar-refractivity contribution in [1.82, 2.24) is 24.8 Å². The molecule has 1 atom stereocenters. The van der Waals surface area contributed by atoms with Crippen LogP contribution < -0.4 is 4.74 Å². The number of hydrogen-bond donors (Lipinski definition) is 0. The van der Waals surface area contributed by atoms with E-state index < -0.39 is 0 Å². The summed E-state index contributed by atoms with van der Waals surface area (Å²) in [5.74, 6) is -0.125. The summed E-state index contributed by atoms with van der Waals surface area (Å²) in [5.41, 5.74) is 1.85. The summed E-state index contributed by atoms with van der Waals surface area (Å²) in [5, 5.41) is 0. The maximum atomic E-state index is 12.8. The molecule has 7 nitrogen and oxygen atoms in total. The van der Waals surface area contributed by atoms with Gasteiger partial charge in [-0.15, -0.1) is 0 Å². The van der Waals surface area contributed by atoms with E-state index in [1.807, 2.05) is 24.3 Å². The van der Waals surface area contributed by atoms with Crippen molar-refractivity contribution in [2.24, 2.45) is 0 Å². The van der Waals surface area contributed by atoms with Gasteiger partial charge >= 0.3 is 6.01 Å². The first-order chi connectivity index (χ1) is 12.3. The molecule has 1 saturated heterocycles. The summed E-state index contributed by atoms with van der Waals surface area (Å²) in [6.45, 7) is 1.18. The van der Waals surface area contributed by atoms with Crippen molar-refractivity contribution in [3.8, 4) is 6.01 Å². The molecule has 7 heteroatoms. The van der Waals surface area contributed by atoms with Crippen LogP contribution in [0.1, 0.15) is 23.3 Å². The Morgan fingerprint density at radius 2 is 1.88 bits per heavy atom. The molecule has 2 aromatic heterocycles. The zero-order valence-electron chi connectivity index (χ0n) is 13.6. The highest BCUT2D eigenvalue weighted by atomic mass is 16.5. The Bertz CT molecular complexity index is 887. The van der Waals surface area contributed by atoms with Crippen LogP contribution in [0, 0.1) is 0 Å². The molecule has 0 N–H and O–H groups in total. The van der Waals surface area contributed by atoms with Crippen molar-refractivity contribution in [3.05, 3.63) is 54.6 Å². The first-order valence-corrected chi connectivity index (χ1v) is 8.24. The SMILES string of the molecule is O=C(c1cnc2ccccc2n1)N1CCCC(Oc2ncccn2)C1. The molecule has 4 rings (SSSR count). The molecule has 25 heavy (non-hydrogen) atoms. The van der Waals surface area contributed by atoms with E-state index in [0.29, 0.717) is 24.8 Å². The van der Waals surface area contributed by atoms with Crippen LogP contribution in [0.15, 0.2) is 48.9 Å². The number of fused-ring (bicyclic) bond motifs is 1. The van der Waals surface area contributed by atoms with Crippen LogP contribution in [0.2, 0.25) is 0 Å². The van der Waals surface area contributed by atoms with Gasteiger partial charge in [0.15, 0.2) is 0 Å². The number of para-hydroxylation sites is 2. The van der Waals surface area contributed by atoms with Gasteiger partial charge in [0.1, 0.15) is 11.8 Å². The minimum absolute atomic E-state index is 0.117. The number of rotatable bonds is 3. The number of amides is 1. The topological polar surface area (TPSA) is 81.1 Å². The van der Waals surface area contributed by atoms with Crippen LogP contribution in [0.4, 0.5) is 0 Å². The van der Waals surface area contributed by atoms with Gasteiger partial charge in [-0.2, -0.15) is 0 Å². The van der Waals surface area contributed by atoms with Gasteiger partial charge in [0.2, 0.25) is 0 Å². The maximum Gasteiger partial charge on any atom is 0.316 e. The summed E-state index contributed by atoms with van der Waals surface area (Å²) in [6, 6.07) is 9.59. The fourth-order valence-electron chi connectivity index (χ4n) is 2.94. The van der Waals surface area contributed by atoms with Gasteiger partial charge in [-0.3, -0.25) is 9.78 Å². The summed E-state index contributed by atoms with van der Waals surface area (Å²) in [6.07, 6.45) is 6.43. The highest BCUT2D eigenvalue weighted by molar-refractivity contribution is 5.93. The predicted octanol–water partition coefficient (Wildman–Crippen LogP) is 2.10. The fraction of sp³-hybridized carbons (Fsp3) is 0.278. The van der Waals surface area contributed by atoms with Gasteiger partial charge < -0.3 is 9.64 Å². The van der Waals surface area contributed by atoms with Gasteiger partial charge in [0.05, 0.1) is 23.8 Å². The summed E-state index contributed by atoms with van der Waals surface area (Å²) in [4.78, 5) is 31.5. The number of likely N-dealkylation sites (tertiary alicyclic amines) is 1. The Morgan fingerprint density at radius 3 is 2.72 bits per heavy atom. The lowest BCUT2D eigenvalue weighted by atomic mass is 10.1. The van der Waals surface area contributed by atoms with E-state index in [9.17, 15) is 4.79 Å². The number of piperidine rings is 1. The third-order valence-corrected chi connectivity index (χ3v) is 4.15. The van der Waals surface area contributed by atoms with Gasteiger partial charge in [-0.25, -0.2) is 15.0 Å². The smallest absolute Gasteiger partial charge is 0.316 e. The maximum absolute atomic E-state index is 12.8. The monoisotopic (exact) mass is 335 g/mol. The van der Waals surface area contributed by atoms with E-state index in [1.165, 1.54) is 6.20 Å². The minimum atomic E-state index is -0.125. The van der Waals surface area contributed by atoms with Gasteiger partial charge in [0.25, 0.3) is 5.91 Å². The molecule has 126 valence electrons. The Kier molecular flexibility index (Phi) is 4.20. The lowest BCUT2D eigenvalue weighted by molar-refractivity contribution is 0.0510. The molecule has 1 fully saturated rings. The third-order valence-electron chi connectivity index (χ3n) is 4.15. The second-order valence-electron chi connectivity index (χ2n) is 5.91. The molecular formula is C18H17N5O2. The van der Waals surface area contributed by atoms with Crippen LogP contribution in [0.3, 0.4) is 0 Å². The molecule has 1 unspecified atom stereocenters. The van der Waals surface area contributed by atoms with E-state index in [4.69, 9.17) is 4.74 Å². The van der Waals surface area contributed by atoms with E-state index in [1.54, 1.807) is 23.4 Å². The first kappa shape index (κ1) is 15.4. The second-order valence-corrected chi connectivity index (χ2v) is 5.91. The predicted molar refractivity (Wildman–Crippen MR) is 91.1 cm³/mol. The molecule has 0 saturated carbocycles. The zero-order chi connectivity index (χ0) is 17.1. The number of benzene rings is 1. The lowest BCUT2D eigenvalue weighted by Crippen LogP contribution is -2.44. The molecular weight excluding hydrogens is 318 g/mol. The number of hydrogen-bond acceptors (Lipinski definition) is 6. The molecule has 1 aromatic carbocycles. The Balaban J connectivity index is 1.49. The van der Waals surface area contributed by atoms with Crippen molar-refractivity contribution in [3.63, 3.8) is 0 Å². The van der Waals surface area contributed by atoms with Crippen molar-refractivity contribution < 1.29 is 9.53 Å². The molecule has 0 aliphatic carbocycles. The summed E-state index contributed by atoms with van der Waals surface area (Å²) >= 11 is 0. The van der Waals surface area contributed by atoms with Crippen molar-refractivity contribution in [2.75, 3.05) is 13.1 Å². The number of aromatic nitrogens is 4. The average Bonchev–Trinajstić information content (AvgIpc) is 2.68. The van der Waals surface area contributed by atoms with Gasteiger partial charge in [-0.1, -0.05) is 12.1 Å². The summed E-state index contributed by atoms with van der Waals surface area (Å²) < 4.78 is 5.79. The van der Waals surface area contributed by atoms with Gasteiger partial charge in [0, 0.05) is 18.9 Å². The molecule has 0 radical (unpaired) electrons. The normalized spacial score (nSPS) is 17.4. The number of nitrogens with zero attached hydrogens (tertiary/aromatic N) is 5. The van der Waals surface area contributed by atoms with E-state index in [0.717, 1.165) is 23.9 Å². The molecule has 1 aliphatic rings. The number of carbonyl (C=O) groups excluding carboxylic acids is 1. The summed E-state index contributed by atoms with van der Waals surface area (Å²) in [7, 11) is 0. The molecule has 3 heterocycles. The largest absolute Gasteiger partial charge is 0.458 e. The minimum Gasteiger partial charge on any atom is -0.458 e. The Labute approximate surface area is 144 Å². The average molecular weight is 335 g/mol. The molecule has 3 aromatic rings. The van der Waals surface area contributed by atoms with E-state index in [-0.39, 0.29) is 12.0 Å². The third kappa shape index (κ3) is 3.40. The van der Waals surface area contributed by atoms with Crippen LogP contribution >= 0.6 is 0 Å². The number of ether oxygens (including phenoxy) is 1. The molecule has 1 amide bonds. The quantitative estimate of drug-likeness (QED) is 0.729.